The van der Waals surface area contributed by atoms with Gasteiger partial charge in [0.1, 0.15) is 0 Å². The van der Waals surface area contributed by atoms with E-state index in [4.69, 9.17) is 0 Å². The summed E-state index contributed by atoms with van der Waals surface area (Å²) in [6.07, 6.45) is 0. The van der Waals surface area contributed by atoms with Gasteiger partial charge in [-0.3, -0.25) is 0 Å². The monoisotopic (exact) mass is 779 g/mol. The maximum Gasteiger partial charge on any atom is 0.0620 e. The van der Waals surface area contributed by atoms with E-state index in [0.29, 0.717) is 0 Å². The molecule has 0 saturated heterocycles. The van der Waals surface area contributed by atoms with Crippen LogP contribution >= 0.6 is 0 Å². The van der Waals surface area contributed by atoms with Gasteiger partial charge in [-0.05, 0) is 118 Å². The number of para-hydroxylation sites is 5. The van der Waals surface area contributed by atoms with E-state index in [2.05, 4.69) is 263 Å². The van der Waals surface area contributed by atoms with E-state index in [1.807, 2.05) is 0 Å². The number of hydrogen-bond donors (Lipinski definition) is 0. The van der Waals surface area contributed by atoms with Crippen LogP contribution in [0.5, 0.6) is 0 Å². The summed E-state index contributed by atoms with van der Waals surface area (Å²) >= 11 is 0. The summed E-state index contributed by atoms with van der Waals surface area (Å²) in [5.74, 6) is 0. The van der Waals surface area contributed by atoms with Gasteiger partial charge in [0.25, 0.3) is 0 Å². The second-order valence-corrected chi connectivity index (χ2v) is 15.3. The molecule has 0 N–H and O–H groups in total. The first-order chi connectivity index (χ1) is 30.3. The third-order valence-electron chi connectivity index (χ3n) is 11.7. The Balaban J connectivity index is 1.32. The van der Waals surface area contributed by atoms with Crippen LogP contribution in [0, 0.1) is 0 Å². The van der Waals surface area contributed by atoms with Gasteiger partial charge in [-0.2, -0.15) is 0 Å². The summed E-state index contributed by atoms with van der Waals surface area (Å²) in [7, 11) is 0. The number of fused-ring (bicyclic) bond motifs is 6. The highest BCUT2D eigenvalue weighted by Crippen LogP contribution is 2.50. The van der Waals surface area contributed by atoms with E-state index in [1.165, 1.54) is 43.7 Å². The second kappa shape index (κ2) is 15.6. The van der Waals surface area contributed by atoms with Crippen molar-refractivity contribution in [3.63, 3.8) is 0 Å². The number of hydrogen-bond acceptors (Lipinski definition) is 2. The normalized spacial score (nSPS) is 11.3. The molecule has 10 aromatic carbocycles. The van der Waals surface area contributed by atoms with Gasteiger partial charge in [0.2, 0.25) is 0 Å². The van der Waals surface area contributed by atoms with Crippen LogP contribution in [-0.2, 0) is 0 Å². The molecule has 0 saturated carbocycles. The summed E-state index contributed by atoms with van der Waals surface area (Å²) < 4.78 is 2.50. The molecule has 0 atom stereocenters. The third kappa shape index (κ3) is 6.41. The lowest BCUT2D eigenvalue weighted by Crippen LogP contribution is -2.10. The summed E-state index contributed by atoms with van der Waals surface area (Å²) in [6.45, 7) is 0. The van der Waals surface area contributed by atoms with Crippen LogP contribution in [0.4, 0.5) is 34.1 Å². The van der Waals surface area contributed by atoms with Crippen LogP contribution in [0.2, 0.25) is 0 Å². The Hall–Kier alpha value is -8.14. The molecule has 1 heterocycles. The van der Waals surface area contributed by atoms with Crippen LogP contribution in [0.1, 0.15) is 0 Å². The highest BCUT2D eigenvalue weighted by molar-refractivity contribution is 6.32. The fourth-order valence-corrected chi connectivity index (χ4v) is 9.10. The summed E-state index contributed by atoms with van der Waals surface area (Å²) in [4.78, 5) is 4.73. The molecule has 0 spiro atoms. The van der Waals surface area contributed by atoms with E-state index < -0.39 is 0 Å². The standard InChI is InChI=1S/C58H41N3/c1-8-22-42(23-9-1)57-55-51-38-36-49(59(44-26-12-3-13-27-44)45-28-14-4-15-29-45)40-53(51)54-41-50(60(46-30-16-5-17-31-46)47-32-18-6-19-33-47)37-39-52(54)56(55)58(43-24-10-2-11-25-43)61(57)48-34-20-7-21-35-48/h1-41H. The van der Waals surface area contributed by atoms with Crippen molar-refractivity contribution >= 4 is 66.4 Å². The third-order valence-corrected chi connectivity index (χ3v) is 11.7. The van der Waals surface area contributed by atoms with Gasteiger partial charge in [0.15, 0.2) is 0 Å². The maximum absolute atomic E-state index is 2.50. The highest BCUT2D eigenvalue weighted by atomic mass is 15.1. The van der Waals surface area contributed by atoms with Gasteiger partial charge < -0.3 is 14.4 Å². The van der Waals surface area contributed by atoms with Crippen molar-refractivity contribution < 1.29 is 0 Å². The molecule has 288 valence electrons. The van der Waals surface area contributed by atoms with E-state index >= 15 is 0 Å². The Kier molecular flexibility index (Phi) is 9.18. The van der Waals surface area contributed by atoms with Crippen molar-refractivity contribution in [1.82, 2.24) is 4.57 Å². The molecule has 11 rings (SSSR count). The Bertz CT molecular complexity index is 2980. The Morgan fingerprint density at radius 2 is 0.541 bits per heavy atom. The fourth-order valence-electron chi connectivity index (χ4n) is 9.10. The molecule has 11 aromatic rings. The number of anilines is 6. The molecule has 0 bridgehead atoms. The topological polar surface area (TPSA) is 11.4 Å². The van der Waals surface area contributed by atoms with Gasteiger partial charge in [-0.25, -0.2) is 0 Å². The second-order valence-electron chi connectivity index (χ2n) is 15.3. The number of nitrogens with zero attached hydrogens (tertiary/aromatic N) is 3. The average Bonchev–Trinajstić information content (AvgIpc) is 3.71. The Labute approximate surface area is 356 Å². The minimum Gasteiger partial charge on any atom is -0.310 e. The lowest BCUT2D eigenvalue weighted by Gasteiger charge is -2.27. The van der Waals surface area contributed by atoms with E-state index in [1.54, 1.807) is 0 Å². The molecule has 61 heavy (non-hydrogen) atoms. The first kappa shape index (κ1) is 36.0. The van der Waals surface area contributed by atoms with Gasteiger partial charge in [-0.1, -0.05) is 164 Å². The quantitative estimate of drug-likeness (QED) is 0.135. The van der Waals surface area contributed by atoms with E-state index in [9.17, 15) is 0 Å². The zero-order valence-corrected chi connectivity index (χ0v) is 33.5. The molecule has 0 aliphatic rings. The molecule has 0 aliphatic carbocycles. The summed E-state index contributed by atoms with van der Waals surface area (Å²) in [5.41, 5.74) is 12.4. The molecule has 1 aromatic heterocycles. The van der Waals surface area contributed by atoms with Crippen molar-refractivity contribution in [2.45, 2.75) is 0 Å². The minimum absolute atomic E-state index is 1.09. The van der Waals surface area contributed by atoms with Crippen molar-refractivity contribution in [2.24, 2.45) is 0 Å². The predicted octanol–water partition coefficient (Wildman–Crippen LogP) is 16.2. The van der Waals surface area contributed by atoms with Crippen molar-refractivity contribution in [1.29, 1.82) is 0 Å². The van der Waals surface area contributed by atoms with Crippen molar-refractivity contribution in [2.75, 3.05) is 9.80 Å². The first-order valence-electron chi connectivity index (χ1n) is 20.9. The molecule has 0 radical (unpaired) electrons. The van der Waals surface area contributed by atoms with Gasteiger partial charge in [0.05, 0.1) is 11.4 Å². The van der Waals surface area contributed by atoms with E-state index in [0.717, 1.165) is 50.9 Å². The SMILES string of the molecule is c1ccc(-c2c3c4ccc(N(c5ccccc5)c5ccccc5)cc4c4cc(N(c5ccccc5)c5ccccc5)ccc4c3c(-c3ccccc3)n2-c2ccccc2)cc1. The molecule has 0 amide bonds. The van der Waals surface area contributed by atoms with Gasteiger partial charge >= 0.3 is 0 Å². The van der Waals surface area contributed by atoms with Crippen LogP contribution in [-0.4, -0.2) is 4.57 Å². The summed E-state index contributed by atoms with van der Waals surface area (Å²) in [6, 6.07) is 89.5. The molecular weight excluding hydrogens is 739 g/mol. The Morgan fingerprint density at radius 3 is 0.869 bits per heavy atom. The lowest BCUT2D eigenvalue weighted by atomic mass is 9.91. The van der Waals surface area contributed by atoms with E-state index in [-0.39, 0.29) is 0 Å². The minimum atomic E-state index is 1.09. The lowest BCUT2D eigenvalue weighted by molar-refractivity contribution is 1.10. The van der Waals surface area contributed by atoms with Crippen LogP contribution in [0.3, 0.4) is 0 Å². The highest BCUT2D eigenvalue weighted by Gasteiger charge is 2.27. The molecule has 3 nitrogen and oxygen atoms in total. The first-order valence-corrected chi connectivity index (χ1v) is 20.9. The smallest absolute Gasteiger partial charge is 0.0620 e. The van der Waals surface area contributed by atoms with Crippen LogP contribution in [0.25, 0.3) is 60.5 Å². The van der Waals surface area contributed by atoms with Crippen molar-refractivity contribution in [3.8, 4) is 28.2 Å². The molecular formula is C58H41N3. The number of aromatic nitrogens is 1. The molecule has 0 aliphatic heterocycles. The molecule has 3 heteroatoms. The average molecular weight is 780 g/mol. The van der Waals surface area contributed by atoms with Crippen molar-refractivity contribution in [3.05, 3.63) is 249 Å². The zero-order chi connectivity index (χ0) is 40.5. The number of benzene rings is 10. The Morgan fingerprint density at radius 1 is 0.246 bits per heavy atom. The molecule has 0 fully saturated rings. The van der Waals surface area contributed by atoms with Gasteiger partial charge in [0, 0.05) is 50.6 Å². The largest absolute Gasteiger partial charge is 0.310 e. The maximum atomic E-state index is 2.50. The predicted molar refractivity (Wildman–Crippen MR) is 259 cm³/mol. The fraction of sp³-hybridized carbons (Fsp3) is 0. The zero-order valence-electron chi connectivity index (χ0n) is 33.5. The van der Waals surface area contributed by atoms with Gasteiger partial charge in [-0.15, -0.1) is 0 Å². The number of rotatable bonds is 9. The van der Waals surface area contributed by atoms with Crippen LogP contribution < -0.4 is 9.80 Å². The summed E-state index contributed by atoms with van der Waals surface area (Å²) in [5, 5.41) is 7.21. The molecule has 0 unspecified atom stereocenters. The van der Waals surface area contributed by atoms with Crippen LogP contribution in [0.15, 0.2) is 249 Å².